The molecule has 0 aliphatic carbocycles. The Hall–Kier alpha value is -3.10. The summed E-state index contributed by atoms with van der Waals surface area (Å²) in [5.74, 6) is -3.61. The van der Waals surface area contributed by atoms with E-state index in [0.717, 1.165) is 13.1 Å². The fourth-order valence-electron chi connectivity index (χ4n) is 7.74. The van der Waals surface area contributed by atoms with Gasteiger partial charge in [0.1, 0.15) is 29.8 Å². The van der Waals surface area contributed by atoms with Crippen molar-refractivity contribution in [2.45, 2.75) is 62.6 Å². The van der Waals surface area contributed by atoms with Crippen LogP contribution in [0.25, 0.3) is 0 Å². The Kier molecular flexibility index (Phi) is 10.4. The molecule has 3 amide bonds. The molecule has 0 saturated carbocycles. The number of benzene rings is 1. The first kappa shape index (κ1) is 34.8. The molecule has 5 aliphatic rings. The van der Waals surface area contributed by atoms with Gasteiger partial charge in [0, 0.05) is 50.7 Å². The Balaban J connectivity index is 1.41. The van der Waals surface area contributed by atoms with Crippen LogP contribution in [-0.4, -0.2) is 138 Å². The number of likely N-dealkylation sites (N-methyl/N-ethyl adjacent to an activating group) is 1. The van der Waals surface area contributed by atoms with E-state index in [2.05, 4.69) is 20.8 Å². The monoisotopic (exact) mass is 728 g/mol. The van der Waals surface area contributed by atoms with Crippen molar-refractivity contribution < 1.29 is 38.5 Å². The van der Waals surface area contributed by atoms with Gasteiger partial charge in [-0.1, -0.05) is 58.4 Å². The zero-order valence-electron chi connectivity index (χ0n) is 27.7. The van der Waals surface area contributed by atoms with Gasteiger partial charge in [0.2, 0.25) is 17.7 Å². The Bertz CT molecular complexity index is 1450. The van der Waals surface area contributed by atoms with Crippen molar-refractivity contribution in [3.63, 3.8) is 0 Å². The van der Waals surface area contributed by atoms with Gasteiger partial charge in [-0.15, -0.1) is 0 Å². The number of halogens is 1. The highest BCUT2D eigenvalue weighted by Crippen LogP contribution is 2.59. The number of carbonyl (C=O) groups is 4. The average Bonchev–Trinajstić information content (AvgIpc) is 3.70. The molecule has 8 atom stereocenters. The topological polar surface area (TPSA) is 129 Å². The number of likely N-dealkylation sites (tertiary alicyclic amines) is 1. The van der Waals surface area contributed by atoms with E-state index in [1.807, 2.05) is 49.4 Å². The lowest BCUT2D eigenvalue weighted by atomic mass is 9.74. The maximum atomic E-state index is 14.8. The summed E-state index contributed by atoms with van der Waals surface area (Å²) in [4.78, 5) is 64.0. The summed E-state index contributed by atoms with van der Waals surface area (Å²) in [6.07, 6.45) is 4.60. The predicted molar refractivity (Wildman–Crippen MR) is 178 cm³/mol. The number of carbonyl (C=O) groups excluding carboxylic acids is 4. The van der Waals surface area contributed by atoms with Gasteiger partial charge in [-0.25, -0.2) is 0 Å². The molecular formula is C35H45BrN4O8. The van der Waals surface area contributed by atoms with Gasteiger partial charge in [-0.05, 0) is 31.9 Å². The van der Waals surface area contributed by atoms with Crippen molar-refractivity contribution >= 4 is 39.6 Å². The Morgan fingerprint density at radius 2 is 1.75 bits per heavy atom. The predicted octanol–water partition coefficient (Wildman–Crippen LogP) is 1.88. The lowest BCUT2D eigenvalue weighted by Crippen LogP contribution is -2.58. The molecule has 1 N–H and O–H groups in total. The van der Waals surface area contributed by atoms with Gasteiger partial charge < -0.3 is 34.0 Å². The summed E-state index contributed by atoms with van der Waals surface area (Å²) < 4.78 is 19.0. The lowest BCUT2D eigenvalue weighted by molar-refractivity contribution is -0.164. The minimum absolute atomic E-state index is 0.107. The molecule has 1 aromatic carbocycles. The standard InChI is InChI=1S/C35H45BrN4O8/c1-22(21-41)40-31-33(44)39(15-14-38-16-18-46-19-17-38)13-9-5-8-12-26(42)37(3)23(2)29(24-10-6-4-7-11-24)47-34(45)27-28(32(40)43)35(31)20-25(36)30(27)48-35/h4-7,9-11,20,22-23,27-31,41H,8,12-19,21H2,1-3H3/b9-5-/t22-,23+,27-,28+,29-,30-,31-,35+/m1/s1. The first-order valence-electron chi connectivity index (χ1n) is 16.8. The van der Waals surface area contributed by atoms with Crippen LogP contribution in [0.2, 0.25) is 0 Å². The van der Waals surface area contributed by atoms with Gasteiger partial charge >= 0.3 is 5.97 Å². The van der Waals surface area contributed by atoms with Crippen molar-refractivity contribution in [1.82, 2.24) is 19.6 Å². The summed E-state index contributed by atoms with van der Waals surface area (Å²) in [6, 6.07) is 6.89. The number of allylic oxidation sites excluding steroid dienone is 1. The molecule has 5 bridgehead atoms. The van der Waals surface area contributed by atoms with Crippen molar-refractivity contribution in [3.05, 3.63) is 58.6 Å². The molecular weight excluding hydrogens is 684 g/mol. The van der Waals surface area contributed by atoms with Crippen LogP contribution in [-0.2, 0) is 33.4 Å². The molecule has 0 unspecified atom stereocenters. The van der Waals surface area contributed by atoms with Gasteiger partial charge in [-0.2, -0.15) is 0 Å². The Morgan fingerprint density at radius 3 is 2.46 bits per heavy atom. The Morgan fingerprint density at radius 1 is 1.02 bits per heavy atom. The van der Waals surface area contributed by atoms with Gasteiger partial charge in [0.05, 0.1) is 37.8 Å². The highest BCUT2D eigenvalue weighted by molar-refractivity contribution is 9.11. The summed E-state index contributed by atoms with van der Waals surface area (Å²) >= 11 is 3.60. The van der Waals surface area contributed by atoms with E-state index < -0.39 is 59.6 Å². The second-order valence-corrected chi connectivity index (χ2v) is 14.3. The van der Waals surface area contributed by atoms with E-state index in [-0.39, 0.29) is 31.4 Å². The number of amides is 3. The van der Waals surface area contributed by atoms with Gasteiger partial charge in [0.15, 0.2) is 0 Å². The molecule has 12 nitrogen and oxygen atoms in total. The van der Waals surface area contributed by atoms with Crippen molar-refractivity contribution in [2.75, 3.05) is 59.6 Å². The molecule has 48 heavy (non-hydrogen) atoms. The number of fused-ring (bicyclic) bond motifs is 2. The molecule has 1 aromatic rings. The number of rotatable bonds is 6. The normalized spacial score (nSPS) is 34.7. The molecule has 5 heterocycles. The van der Waals surface area contributed by atoms with Crippen molar-refractivity contribution in [2.24, 2.45) is 11.8 Å². The first-order chi connectivity index (χ1) is 23.1. The second kappa shape index (κ2) is 14.4. The molecule has 5 aliphatic heterocycles. The zero-order chi connectivity index (χ0) is 34.2. The van der Waals surface area contributed by atoms with Crippen LogP contribution in [0.15, 0.2) is 53.0 Å². The SMILES string of the molecule is C[C@H](CO)N1C(=O)[C@@H]2[C@H]3C(=O)O[C@@H](c4ccccc4)[C@H](C)N(C)C(=O)CC/C=C\CN(CCN4CCOCC4)C(=O)[C@@H]1[C@]21C=C(Br)[C@H]3O1. The minimum atomic E-state index is -1.44. The molecule has 3 saturated heterocycles. The van der Waals surface area contributed by atoms with E-state index in [0.29, 0.717) is 42.8 Å². The number of aliphatic hydroxyl groups is 1. The maximum absolute atomic E-state index is 14.8. The molecule has 3 fully saturated rings. The lowest BCUT2D eigenvalue weighted by Gasteiger charge is -2.38. The number of ether oxygens (including phenoxy) is 3. The summed E-state index contributed by atoms with van der Waals surface area (Å²) in [5, 5.41) is 10.3. The number of nitrogens with zero attached hydrogens (tertiary/aromatic N) is 4. The van der Waals surface area contributed by atoms with Gasteiger partial charge in [-0.3, -0.25) is 24.1 Å². The summed E-state index contributed by atoms with van der Waals surface area (Å²) in [7, 11) is 1.70. The number of hydrogen-bond donors (Lipinski definition) is 1. The molecule has 1 spiro atoms. The van der Waals surface area contributed by atoms with Crippen LogP contribution in [0.5, 0.6) is 0 Å². The largest absolute Gasteiger partial charge is 0.455 e. The van der Waals surface area contributed by atoms with Crippen LogP contribution in [0.1, 0.15) is 38.4 Å². The first-order valence-corrected chi connectivity index (χ1v) is 17.6. The van der Waals surface area contributed by atoms with Crippen molar-refractivity contribution in [1.29, 1.82) is 0 Å². The van der Waals surface area contributed by atoms with Crippen LogP contribution in [0.4, 0.5) is 0 Å². The maximum Gasteiger partial charge on any atom is 0.313 e. The van der Waals surface area contributed by atoms with E-state index >= 15 is 0 Å². The van der Waals surface area contributed by atoms with Crippen LogP contribution in [0, 0.1) is 11.8 Å². The summed E-state index contributed by atoms with van der Waals surface area (Å²) in [6.45, 7) is 7.15. The smallest absolute Gasteiger partial charge is 0.313 e. The van der Waals surface area contributed by atoms with Crippen LogP contribution in [0.3, 0.4) is 0 Å². The average molecular weight is 730 g/mol. The van der Waals surface area contributed by atoms with E-state index in [1.54, 1.807) is 29.8 Å². The quantitative estimate of drug-likeness (QED) is 0.345. The van der Waals surface area contributed by atoms with E-state index in [4.69, 9.17) is 14.2 Å². The number of hydrogen-bond acceptors (Lipinski definition) is 9. The number of cyclic esters (lactones) is 1. The highest BCUT2D eigenvalue weighted by Gasteiger charge is 2.75. The minimum Gasteiger partial charge on any atom is -0.455 e. The zero-order valence-corrected chi connectivity index (χ0v) is 29.3. The Labute approximate surface area is 289 Å². The van der Waals surface area contributed by atoms with Gasteiger partial charge in [0.25, 0.3) is 0 Å². The third-order valence-corrected chi connectivity index (χ3v) is 11.2. The second-order valence-electron chi connectivity index (χ2n) is 13.4. The molecule has 0 aromatic heterocycles. The third kappa shape index (κ3) is 6.24. The molecule has 13 heteroatoms. The fourth-order valence-corrected chi connectivity index (χ4v) is 8.48. The van der Waals surface area contributed by atoms with Crippen LogP contribution < -0.4 is 0 Å². The third-order valence-electron chi connectivity index (χ3n) is 10.5. The highest BCUT2D eigenvalue weighted by atomic mass is 79.9. The molecule has 260 valence electrons. The van der Waals surface area contributed by atoms with E-state index in [9.17, 15) is 24.3 Å². The number of morpholine rings is 1. The van der Waals surface area contributed by atoms with Crippen LogP contribution >= 0.6 is 15.9 Å². The van der Waals surface area contributed by atoms with E-state index in [1.165, 1.54) is 4.90 Å². The fraction of sp³-hybridized carbons (Fsp3) is 0.600. The summed E-state index contributed by atoms with van der Waals surface area (Å²) in [5.41, 5.74) is -0.734. The molecule has 6 rings (SSSR count). The number of aliphatic hydroxyl groups excluding tert-OH is 1. The molecule has 0 radical (unpaired) electrons. The van der Waals surface area contributed by atoms with Crippen molar-refractivity contribution in [3.8, 4) is 0 Å². The number of esters is 1.